The number of piperidine rings is 1. The number of nitrogens with zero attached hydrogens (tertiary/aromatic N) is 1. The fraction of sp³-hybridized carbons (Fsp3) is 0.417. The molecule has 0 spiro atoms. The van der Waals surface area contributed by atoms with Crippen molar-refractivity contribution in [2.45, 2.75) is 18.9 Å². The van der Waals surface area contributed by atoms with E-state index in [0.717, 1.165) is 18.5 Å². The van der Waals surface area contributed by atoms with Crippen LogP contribution in [-0.4, -0.2) is 35.2 Å². The van der Waals surface area contributed by atoms with E-state index in [2.05, 4.69) is 5.32 Å². The molecule has 1 aromatic carbocycles. The van der Waals surface area contributed by atoms with Crippen molar-refractivity contribution in [3.05, 3.63) is 30.1 Å². The van der Waals surface area contributed by atoms with E-state index in [4.69, 9.17) is 5.11 Å². The quantitative estimate of drug-likeness (QED) is 0.831. The van der Waals surface area contributed by atoms with E-state index in [1.807, 2.05) is 6.07 Å². The van der Waals surface area contributed by atoms with Gasteiger partial charge in [-0.2, -0.15) is 0 Å². The first kappa shape index (κ1) is 11.7. The van der Waals surface area contributed by atoms with Crippen LogP contribution in [0.5, 0.6) is 0 Å². The number of halogens is 1. The number of hydrogen-bond acceptors (Lipinski definition) is 2. The van der Waals surface area contributed by atoms with Crippen molar-refractivity contribution in [1.82, 2.24) is 4.90 Å². The van der Waals surface area contributed by atoms with E-state index in [9.17, 15) is 9.18 Å². The van der Waals surface area contributed by atoms with Crippen LogP contribution in [0.3, 0.4) is 0 Å². The third-order valence-electron chi connectivity index (χ3n) is 2.96. The maximum absolute atomic E-state index is 13.0. The summed E-state index contributed by atoms with van der Waals surface area (Å²) in [5.74, 6) is -0.266. The van der Waals surface area contributed by atoms with E-state index in [-0.39, 0.29) is 11.9 Å². The van der Waals surface area contributed by atoms with E-state index in [0.29, 0.717) is 13.1 Å². The topological polar surface area (TPSA) is 52.6 Å². The molecular formula is C12H15FN2O2. The van der Waals surface area contributed by atoms with Gasteiger partial charge in [0, 0.05) is 24.8 Å². The summed E-state index contributed by atoms with van der Waals surface area (Å²) < 4.78 is 13.0. The molecule has 1 aliphatic rings. The molecule has 4 nitrogen and oxygen atoms in total. The summed E-state index contributed by atoms with van der Waals surface area (Å²) in [5.41, 5.74) is 0.749. The van der Waals surface area contributed by atoms with Crippen LogP contribution >= 0.6 is 0 Å². The van der Waals surface area contributed by atoms with Crippen molar-refractivity contribution < 1.29 is 14.3 Å². The largest absolute Gasteiger partial charge is 0.465 e. The Hall–Kier alpha value is -1.78. The summed E-state index contributed by atoms with van der Waals surface area (Å²) in [6, 6.07) is 6.53. The van der Waals surface area contributed by atoms with Gasteiger partial charge in [-0.3, -0.25) is 0 Å². The summed E-state index contributed by atoms with van der Waals surface area (Å²) in [4.78, 5) is 12.1. The molecule has 0 unspecified atom stereocenters. The van der Waals surface area contributed by atoms with Crippen LogP contribution in [0.15, 0.2) is 24.3 Å². The molecule has 0 radical (unpaired) electrons. The van der Waals surface area contributed by atoms with Gasteiger partial charge in [-0.1, -0.05) is 6.07 Å². The number of amides is 1. The third-order valence-corrected chi connectivity index (χ3v) is 2.96. The van der Waals surface area contributed by atoms with Crippen molar-refractivity contribution in [3.8, 4) is 0 Å². The summed E-state index contributed by atoms with van der Waals surface area (Å²) >= 11 is 0. The van der Waals surface area contributed by atoms with Gasteiger partial charge in [0.05, 0.1) is 0 Å². The van der Waals surface area contributed by atoms with Gasteiger partial charge in [0.15, 0.2) is 0 Å². The lowest BCUT2D eigenvalue weighted by molar-refractivity contribution is 0.134. The second kappa shape index (κ2) is 5.03. The molecule has 2 rings (SSSR count). The van der Waals surface area contributed by atoms with Crippen LogP contribution in [-0.2, 0) is 0 Å². The highest BCUT2D eigenvalue weighted by Crippen LogP contribution is 2.17. The lowest BCUT2D eigenvalue weighted by atomic mass is 10.1. The molecule has 17 heavy (non-hydrogen) atoms. The standard InChI is InChI=1S/C12H15FN2O2/c13-9-2-1-3-11(8-9)14-10-4-6-15(7-5-10)12(16)17/h1-3,8,10,14H,4-7H2,(H,16,17). The van der Waals surface area contributed by atoms with Gasteiger partial charge >= 0.3 is 6.09 Å². The van der Waals surface area contributed by atoms with Gasteiger partial charge in [-0.25, -0.2) is 9.18 Å². The van der Waals surface area contributed by atoms with Crippen LogP contribution in [0.2, 0.25) is 0 Å². The molecule has 0 saturated carbocycles. The average molecular weight is 238 g/mol. The number of carbonyl (C=O) groups is 1. The molecule has 1 saturated heterocycles. The van der Waals surface area contributed by atoms with E-state index in [1.165, 1.54) is 17.0 Å². The van der Waals surface area contributed by atoms with E-state index >= 15 is 0 Å². The zero-order valence-corrected chi connectivity index (χ0v) is 9.40. The van der Waals surface area contributed by atoms with Crippen molar-refractivity contribution in [2.75, 3.05) is 18.4 Å². The Morgan fingerprint density at radius 1 is 1.41 bits per heavy atom. The zero-order valence-electron chi connectivity index (χ0n) is 9.40. The summed E-state index contributed by atoms with van der Waals surface area (Å²) in [6.45, 7) is 1.06. The van der Waals surface area contributed by atoms with Gasteiger partial charge < -0.3 is 15.3 Å². The van der Waals surface area contributed by atoms with Gasteiger partial charge in [0.25, 0.3) is 0 Å². The highest BCUT2D eigenvalue weighted by Gasteiger charge is 2.21. The number of carboxylic acid groups (broad SMARTS) is 1. The molecule has 0 aromatic heterocycles. The maximum Gasteiger partial charge on any atom is 0.407 e. The molecular weight excluding hydrogens is 223 g/mol. The molecule has 92 valence electrons. The van der Waals surface area contributed by atoms with Crippen LogP contribution < -0.4 is 5.32 Å². The predicted molar refractivity (Wildman–Crippen MR) is 62.6 cm³/mol. The smallest absolute Gasteiger partial charge is 0.407 e. The number of rotatable bonds is 2. The van der Waals surface area contributed by atoms with Crippen LogP contribution in [0.4, 0.5) is 14.9 Å². The molecule has 0 atom stereocenters. The van der Waals surface area contributed by atoms with Crippen molar-refractivity contribution in [2.24, 2.45) is 0 Å². The number of nitrogens with one attached hydrogen (secondary N) is 1. The first-order chi connectivity index (χ1) is 8.15. The average Bonchev–Trinajstić information content (AvgIpc) is 2.29. The fourth-order valence-corrected chi connectivity index (χ4v) is 2.03. The van der Waals surface area contributed by atoms with Crippen molar-refractivity contribution in [1.29, 1.82) is 0 Å². The lowest BCUT2D eigenvalue weighted by Gasteiger charge is -2.31. The van der Waals surface area contributed by atoms with Crippen LogP contribution in [0.25, 0.3) is 0 Å². The molecule has 1 heterocycles. The van der Waals surface area contributed by atoms with E-state index in [1.54, 1.807) is 6.07 Å². The van der Waals surface area contributed by atoms with Gasteiger partial charge in [0.1, 0.15) is 5.82 Å². The third kappa shape index (κ3) is 3.09. The Kier molecular flexibility index (Phi) is 3.46. The minimum Gasteiger partial charge on any atom is -0.465 e. The van der Waals surface area contributed by atoms with Crippen LogP contribution in [0, 0.1) is 5.82 Å². The summed E-state index contributed by atoms with van der Waals surface area (Å²) in [6.07, 6.45) is 0.639. The minimum absolute atomic E-state index is 0.215. The number of hydrogen-bond donors (Lipinski definition) is 2. The highest BCUT2D eigenvalue weighted by atomic mass is 19.1. The molecule has 0 bridgehead atoms. The fourth-order valence-electron chi connectivity index (χ4n) is 2.03. The Morgan fingerprint density at radius 3 is 2.71 bits per heavy atom. The zero-order chi connectivity index (χ0) is 12.3. The van der Waals surface area contributed by atoms with Gasteiger partial charge in [-0.05, 0) is 31.0 Å². The number of anilines is 1. The van der Waals surface area contributed by atoms with E-state index < -0.39 is 6.09 Å². The number of benzene rings is 1. The van der Waals surface area contributed by atoms with Crippen molar-refractivity contribution >= 4 is 11.8 Å². The Bertz CT molecular complexity index is 403. The first-order valence-electron chi connectivity index (χ1n) is 5.65. The van der Waals surface area contributed by atoms with Gasteiger partial charge in [0.2, 0.25) is 0 Å². The Morgan fingerprint density at radius 2 is 2.12 bits per heavy atom. The molecule has 5 heteroatoms. The number of likely N-dealkylation sites (tertiary alicyclic amines) is 1. The monoisotopic (exact) mass is 238 g/mol. The predicted octanol–water partition coefficient (Wildman–Crippen LogP) is 2.38. The minimum atomic E-state index is -0.866. The SMILES string of the molecule is O=C(O)N1CCC(Nc2cccc(F)c2)CC1. The van der Waals surface area contributed by atoms with Crippen LogP contribution in [0.1, 0.15) is 12.8 Å². The van der Waals surface area contributed by atoms with Crippen molar-refractivity contribution in [3.63, 3.8) is 0 Å². The second-order valence-electron chi connectivity index (χ2n) is 4.20. The molecule has 1 fully saturated rings. The summed E-state index contributed by atoms with van der Waals surface area (Å²) in [7, 11) is 0. The van der Waals surface area contributed by atoms with Gasteiger partial charge in [-0.15, -0.1) is 0 Å². The molecule has 1 aliphatic heterocycles. The lowest BCUT2D eigenvalue weighted by Crippen LogP contribution is -2.41. The molecule has 2 N–H and O–H groups in total. The highest BCUT2D eigenvalue weighted by molar-refractivity contribution is 5.65. The molecule has 1 aromatic rings. The normalized spacial score (nSPS) is 16.9. The first-order valence-corrected chi connectivity index (χ1v) is 5.65. The Labute approximate surface area is 99.0 Å². The molecule has 0 aliphatic carbocycles. The molecule has 1 amide bonds. The summed E-state index contributed by atoms with van der Waals surface area (Å²) in [5, 5.41) is 12.0. The Balaban J connectivity index is 1.88. The second-order valence-corrected chi connectivity index (χ2v) is 4.20. The maximum atomic E-state index is 13.0.